The zero-order valence-electron chi connectivity index (χ0n) is 11.7. The topological polar surface area (TPSA) is 9.23 Å². The highest BCUT2D eigenvalue weighted by molar-refractivity contribution is 5.81. The molecule has 1 nitrogen and oxygen atoms in total. The summed E-state index contributed by atoms with van der Waals surface area (Å²) < 4.78 is 5.78. The summed E-state index contributed by atoms with van der Waals surface area (Å²) in [6, 6.07) is 18.3. The molecule has 102 valence electrons. The fourth-order valence-electron chi connectivity index (χ4n) is 2.21. The van der Waals surface area contributed by atoms with Crippen molar-refractivity contribution < 1.29 is 4.74 Å². The summed E-state index contributed by atoms with van der Waals surface area (Å²) in [6.07, 6.45) is 9.85. The molecule has 0 atom stereocenters. The Morgan fingerprint density at radius 1 is 0.905 bits per heavy atom. The van der Waals surface area contributed by atoms with Gasteiger partial charge in [0.15, 0.2) is 0 Å². The van der Waals surface area contributed by atoms with Gasteiger partial charge in [-0.15, -0.1) is 0 Å². The predicted octanol–water partition coefficient (Wildman–Crippen LogP) is 5.25. The molecule has 0 aliphatic carbocycles. The summed E-state index contributed by atoms with van der Waals surface area (Å²) >= 11 is 0. The number of rotatable bonds is 4. The lowest BCUT2D eigenvalue weighted by Crippen LogP contribution is -2.09. The van der Waals surface area contributed by atoms with E-state index < -0.39 is 0 Å². The van der Waals surface area contributed by atoms with Crippen molar-refractivity contribution in [1.82, 2.24) is 0 Å². The summed E-state index contributed by atoms with van der Waals surface area (Å²) in [5.74, 6) is 1.85. The maximum Gasteiger partial charge on any atom is 0.145 e. The van der Waals surface area contributed by atoms with Crippen molar-refractivity contribution >= 4 is 11.8 Å². The number of hydrogen-bond donors (Lipinski definition) is 0. The second-order valence-corrected chi connectivity index (χ2v) is 4.72. The molecule has 2 aromatic rings. The molecular formula is C20H16O. The van der Waals surface area contributed by atoms with E-state index in [0.29, 0.717) is 0 Å². The maximum absolute atomic E-state index is 5.78. The molecule has 0 unspecified atom stereocenters. The summed E-state index contributed by atoms with van der Waals surface area (Å²) in [4.78, 5) is 0. The Morgan fingerprint density at radius 2 is 1.67 bits per heavy atom. The highest BCUT2D eigenvalue weighted by atomic mass is 16.5. The average molecular weight is 272 g/mol. The van der Waals surface area contributed by atoms with Gasteiger partial charge in [0.25, 0.3) is 0 Å². The van der Waals surface area contributed by atoms with E-state index in [2.05, 4.69) is 36.9 Å². The molecule has 21 heavy (non-hydrogen) atoms. The molecule has 0 radical (unpaired) electrons. The summed E-state index contributed by atoms with van der Waals surface area (Å²) in [5, 5.41) is 0. The second kappa shape index (κ2) is 6.10. The highest BCUT2D eigenvalue weighted by Crippen LogP contribution is 2.40. The van der Waals surface area contributed by atoms with Gasteiger partial charge in [-0.3, -0.25) is 0 Å². The van der Waals surface area contributed by atoms with Crippen molar-refractivity contribution in [3.05, 3.63) is 102 Å². The Hall–Kier alpha value is -2.80. The first kappa shape index (κ1) is 13.2. The van der Waals surface area contributed by atoms with Crippen LogP contribution in [0.2, 0.25) is 0 Å². The van der Waals surface area contributed by atoms with Crippen molar-refractivity contribution in [2.75, 3.05) is 0 Å². The predicted molar refractivity (Wildman–Crippen MR) is 88.8 cm³/mol. The van der Waals surface area contributed by atoms with Crippen LogP contribution in [0.4, 0.5) is 0 Å². The molecule has 1 heteroatoms. The number of hydrogen-bond acceptors (Lipinski definition) is 1. The minimum Gasteiger partial charge on any atom is -0.455 e. The van der Waals surface area contributed by atoms with Crippen molar-refractivity contribution in [2.24, 2.45) is 0 Å². The molecule has 0 N–H and O–H groups in total. The van der Waals surface area contributed by atoms with E-state index in [1.165, 1.54) is 0 Å². The number of para-hydroxylation sites is 1. The van der Waals surface area contributed by atoms with Crippen LogP contribution >= 0.6 is 0 Å². The molecule has 1 aliphatic rings. The summed E-state index contributed by atoms with van der Waals surface area (Å²) in [5.41, 5.74) is 3.35. The van der Waals surface area contributed by atoms with E-state index in [-0.39, 0.29) is 0 Å². The molecule has 1 aliphatic heterocycles. The highest BCUT2D eigenvalue weighted by Gasteiger charge is 2.23. The first-order valence-electron chi connectivity index (χ1n) is 6.92. The Bertz CT molecular complexity index is 733. The van der Waals surface area contributed by atoms with Crippen LogP contribution in [-0.2, 0) is 0 Å². The van der Waals surface area contributed by atoms with Crippen molar-refractivity contribution in [1.29, 1.82) is 0 Å². The molecule has 3 rings (SSSR count). The lowest BCUT2D eigenvalue weighted by molar-refractivity contribution is 0.463. The molecule has 0 amide bonds. The fourth-order valence-corrected chi connectivity index (χ4v) is 2.21. The van der Waals surface area contributed by atoms with Gasteiger partial charge in [-0.05, 0) is 17.7 Å². The molecule has 0 spiro atoms. The number of fused-ring (bicyclic) bond motifs is 1. The first-order chi connectivity index (χ1) is 10.4. The van der Waals surface area contributed by atoms with Crippen LogP contribution in [0.25, 0.3) is 11.8 Å². The fraction of sp³-hybridized carbons (Fsp3) is 0. The van der Waals surface area contributed by atoms with Gasteiger partial charge in [-0.1, -0.05) is 79.4 Å². The molecule has 0 aromatic heterocycles. The van der Waals surface area contributed by atoms with E-state index in [1.807, 2.05) is 48.6 Å². The van der Waals surface area contributed by atoms with Gasteiger partial charge in [0.2, 0.25) is 0 Å². The van der Waals surface area contributed by atoms with Gasteiger partial charge < -0.3 is 4.74 Å². The first-order valence-corrected chi connectivity index (χ1v) is 6.92. The van der Waals surface area contributed by atoms with Crippen LogP contribution < -0.4 is 4.74 Å². The van der Waals surface area contributed by atoms with Crippen molar-refractivity contribution in [2.45, 2.75) is 0 Å². The molecule has 0 bridgehead atoms. The molecule has 1 heterocycles. The third kappa shape index (κ3) is 2.87. The van der Waals surface area contributed by atoms with Crippen LogP contribution in [0.3, 0.4) is 0 Å². The third-order valence-electron chi connectivity index (χ3n) is 3.27. The maximum atomic E-state index is 5.78. The number of benzene rings is 2. The number of ether oxygens (including phenoxy) is 1. The molecule has 0 fully saturated rings. The quantitative estimate of drug-likeness (QED) is 0.691. The van der Waals surface area contributed by atoms with Crippen LogP contribution in [0.15, 0.2) is 91.1 Å². The van der Waals surface area contributed by atoms with Gasteiger partial charge in [0.05, 0.1) is 5.56 Å². The molecule has 0 saturated carbocycles. The van der Waals surface area contributed by atoms with E-state index in [4.69, 9.17) is 4.74 Å². The van der Waals surface area contributed by atoms with Crippen molar-refractivity contribution in [3.8, 4) is 5.75 Å². The Labute approximate surface area is 125 Å². The average Bonchev–Trinajstić information content (AvgIpc) is 2.51. The largest absolute Gasteiger partial charge is 0.455 e. The van der Waals surface area contributed by atoms with E-state index in [9.17, 15) is 0 Å². The zero-order chi connectivity index (χ0) is 14.5. The van der Waals surface area contributed by atoms with Gasteiger partial charge in [-0.25, -0.2) is 0 Å². The van der Waals surface area contributed by atoms with Crippen LogP contribution in [0.5, 0.6) is 5.75 Å². The van der Waals surface area contributed by atoms with E-state index >= 15 is 0 Å². The molecular weight excluding hydrogens is 256 g/mol. The van der Waals surface area contributed by atoms with Crippen molar-refractivity contribution in [3.63, 3.8) is 0 Å². The Balaban J connectivity index is 1.95. The molecule has 0 saturated heterocycles. The smallest absolute Gasteiger partial charge is 0.145 e. The minimum absolute atomic E-state index is 0.913. The number of allylic oxidation sites excluding steroid dienone is 5. The third-order valence-corrected chi connectivity index (χ3v) is 3.27. The van der Waals surface area contributed by atoms with Crippen LogP contribution in [-0.4, -0.2) is 0 Å². The summed E-state index contributed by atoms with van der Waals surface area (Å²) in [7, 11) is 0. The van der Waals surface area contributed by atoms with Gasteiger partial charge >= 0.3 is 0 Å². The zero-order valence-corrected chi connectivity index (χ0v) is 11.7. The molecule has 2 aromatic carbocycles. The summed E-state index contributed by atoms with van der Waals surface area (Å²) in [6.45, 7) is 3.72. The van der Waals surface area contributed by atoms with Gasteiger partial charge in [0.1, 0.15) is 11.5 Å². The Kier molecular flexibility index (Phi) is 3.83. The van der Waals surface area contributed by atoms with E-state index in [0.717, 1.165) is 28.2 Å². The van der Waals surface area contributed by atoms with Gasteiger partial charge in [-0.2, -0.15) is 0 Å². The lowest BCUT2D eigenvalue weighted by atomic mass is 10.0. The monoisotopic (exact) mass is 272 g/mol. The van der Waals surface area contributed by atoms with Crippen LogP contribution in [0.1, 0.15) is 11.1 Å². The van der Waals surface area contributed by atoms with Gasteiger partial charge in [0, 0.05) is 5.57 Å². The standard InChI is InChI=1S/C20H16O/c1-2-3-11-17(15-14-16-9-5-4-6-10-16)20-18-12-7-8-13-19(18)21-20/h2-15H,1H2. The lowest BCUT2D eigenvalue weighted by Gasteiger charge is -2.24. The Morgan fingerprint density at radius 3 is 2.43 bits per heavy atom. The second-order valence-electron chi connectivity index (χ2n) is 4.72. The minimum atomic E-state index is 0.913. The SMILES string of the molecule is C=CC=CC(C=Cc1ccccc1)=C1Oc2ccccc21. The van der Waals surface area contributed by atoms with Crippen LogP contribution in [0, 0.1) is 0 Å². The normalized spacial score (nSPS) is 15.4. The van der Waals surface area contributed by atoms with E-state index in [1.54, 1.807) is 6.08 Å².